The van der Waals surface area contributed by atoms with Crippen LogP contribution in [-0.2, 0) is 0 Å². The van der Waals surface area contributed by atoms with E-state index in [1.54, 1.807) is 0 Å². The minimum atomic E-state index is -0.273. The van der Waals surface area contributed by atoms with Gasteiger partial charge in [-0.15, -0.1) is 0 Å². The van der Waals surface area contributed by atoms with E-state index in [1.165, 1.54) is 57.1 Å². The summed E-state index contributed by atoms with van der Waals surface area (Å²) >= 11 is 0. The van der Waals surface area contributed by atoms with Gasteiger partial charge in [0.1, 0.15) is 5.69 Å². The highest BCUT2D eigenvalue weighted by Gasteiger charge is 2.37. The summed E-state index contributed by atoms with van der Waals surface area (Å²) in [7, 11) is 0. The van der Waals surface area contributed by atoms with Gasteiger partial charge in [-0.25, -0.2) is 5.10 Å². The molecule has 1 N–H and O–H groups in total. The van der Waals surface area contributed by atoms with Gasteiger partial charge >= 0.3 is 0 Å². The van der Waals surface area contributed by atoms with Crippen molar-refractivity contribution >= 4 is 5.91 Å². The number of amides is 1. The van der Waals surface area contributed by atoms with E-state index in [9.17, 15) is 9.59 Å². The van der Waals surface area contributed by atoms with E-state index in [1.807, 2.05) is 4.90 Å². The third-order valence-electron chi connectivity index (χ3n) is 5.01. The number of aromatic amines is 1. The molecule has 1 aliphatic carbocycles. The van der Waals surface area contributed by atoms with E-state index in [0.29, 0.717) is 11.1 Å². The van der Waals surface area contributed by atoms with Gasteiger partial charge in [0.15, 0.2) is 0 Å². The van der Waals surface area contributed by atoms with Crippen molar-refractivity contribution in [2.75, 3.05) is 13.1 Å². The second-order valence-electron chi connectivity index (χ2n) is 6.55. The molecule has 2 fully saturated rings. The van der Waals surface area contributed by atoms with Crippen LogP contribution in [0.4, 0.5) is 0 Å². The van der Waals surface area contributed by atoms with Crippen LogP contribution in [0.15, 0.2) is 16.9 Å². The zero-order valence-electron chi connectivity index (χ0n) is 12.4. The van der Waals surface area contributed by atoms with Crippen molar-refractivity contribution in [1.29, 1.82) is 0 Å². The lowest BCUT2D eigenvalue weighted by atomic mass is 9.74. The van der Waals surface area contributed by atoms with Gasteiger partial charge in [-0.1, -0.05) is 25.7 Å². The molecular formula is C16H23N3O2. The molecule has 1 aliphatic heterocycles. The molecule has 5 nitrogen and oxygen atoms in total. The highest BCUT2D eigenvalue weighted by Crippen LogP contribution is 2.42. The van der Waals surface area contributed by atoms with Crippen molar-refractivity contribution in [2.24, 2.45) is 5.41 Å². The highest BCUT2D eigenvalue weighted by molar-refractivity contribution is 5.92. The molecule has 0 atom stereocenters. The largest absolute Gasteiger partial charge is 0.337 e. The predicted molar refractivity (Wildman–Crippen MR) is 80.1 cm³/mol. The van der Waals surface area contributed by atoms with Gasteiger partial charge in [0, 0.05) is 19.2 Å². The molecule has 114 valence electrons. The Morgan fingerprint density at radius 2 is 1.81 bits per heavy atom. The number of nitrogens with one attached hydrogen (secondary N) is 1. The fraction of sp³-hybridized carbons (Fsp3) is 0.688. The van der Waals surface area contributed by atoms with Gasteiger partial charge in [0.25, 0.3) is 11.5 Å². The number of carbonyl (C=O) groups excluding carboxylic acids is 1. The number of carbonyl (C=O) groups is 1. The average Bonchev–Trinajstić information content (AvgIpc) is 2.73. The molecule has 1 saturated heterocycles. The molecular weight excluding hydrogens is 266 g/mol. The quantitative estimate of drug-likeness (QED) is 0.863. The number of likely N-dealkylation sites (tertiary alicyclic amines) is 1. The second kappa shape index (κ2) is 6.00. The van der Waals surface area contributed by atoms with Gasteiger partial charge < -0.3 is 4.90 Å². The summed E-state index contributed by atoms with van der Waals surface area (Å²) in [5.41, 5.74) is 0.401. The first-order chi connectivity index (χ1) is 10.2. The maximum Gasteiger partial charge on any atom is 0.274 e. The number of hydrogen-bond donors (Lipinski definition) is 1. The van der Waals surface area contributed by atoms with Crippen LogP contribution < -0.4 is 5.56 Å². The molecule has 5 heteroatoms. The summed E-state index contributed by atoms with van der Waals surface area (Å²) < 4.78 is 0. The van der Waals surface area contributed by atoms with Crippen molar-refractivity contribution in [3.8, 4) is 0 Å². The van der Waals surface area contributed by atoms with E-state index in [0.717, 1.165) is 19.5 Å². The Kier molecular flexibility index (Phi) is 4.08. The van der Waals surface area contributed by atoms with Crippen LogP contribution in [0.1, 0.15) is 61.9 Å². The van der Waals surface area contributed by atoms with Crippen LogP contribution in [0.5, 0.6) is 0 Å². The van der Waals surface area contributed by atoms with Crippen molar-refractivity contribution in [3.63, 3.8) is 0 Å². The molecule has 1 amide bonds. The Bertz CT molecular complexity index is 538. The maximum absolute atomic E-state index is 12.6. The van der Waals surface area contributed by atoms with Gasteiger partial charge in [-0.3, -0.25) is 9.59 Å². The number of rotatable bonds is 1. The number of H-pyrrole nitrogens is 1. The standard InChI is InChI=1S/C16H23N3O2/c20-14-7-6-13(17-18-14)15(21)19-11-5-10-16(12-19)8-3-1-2-4-9-16/h6-7H,1-5,8-12H2,(H,18,20). The molecule has 21 heavy (non-hydrogen) atoms. The van der Waals surface area contributed by atoms with Gasteiger partial charge in [0.05, 0.1) is 0 Å². The van der Waals surface area contributed by atoms with E-state index < -0.39 is 0 Å². The lowest BCUT2D eigenvalue weighted by Gasteiger charge is -2.42. The molecule has 0 aromatic carbocycles. The second-order valence-corrected chi connectivity index (χ2v) is 6.55. The van der Waals surface area contributed by atoms with Crippen LogP contribution in [0, 0.1) is 5.41 Å². The third-order valence-corrected chi connectivity index (χ3v) is 5.01. The fourth-order valence-corrected chi connectivity index (χ4v) is 3.89. The topological polar surface area (TPSA) is 66.1 Å². The van der Waals surface area contributed by atoms with Gasteiger partial charge in [0.2, 0.25) is 0 Å². The van der Waals surface area contributed by atoms with E-state index in [4.69, 9.17) is 0 Å². The molecule has 1 aromatic heterocycles. The number of piperidine rings is 1. The SMILES string of the molecule is O=C(c1ccc(=O)[nH]n1)N1CCCC2(CCCCCC2)C1. The molecule has 2 aliphatic rings. The maximum atomic E-state index is 12.6. The minimum Gasteiger partial charge on any atom is -0.337 e. The van der Waals surface area contributed by atoms with Crippen molar-refractivity contribution < 1.29 is 4.79 Å². The summed E-state index contributed by atoms with van der Waals surface area (Å²) in [4.78, 5) is 25.6. The summed E-state index contributed by atoms with van der Waals surface area (Å²) in [6.07, 6.45) is 10.1. The first kappa shape index (κ1) is 14.3. The summed E-state index contributed by atoms with van der Waals surface area (Å²) in [6, 6.07) is 2.89. The Morgan fingerprint density at radius 1 is 1.10 bits per heavy atom. The number of aromatic nitrogens is 2. The first-order valence-electron chi connectivity index (χ1n) is 8.04. The molecule has 2 heterocycles. The van der Waals surface area contributed by atoms with Crippen LogP contribution >= 0.6 is 0 Å². The summed E-state index contributed by atoms with van der Waals surface area (Å²) in [5, 5.41) is 6.22. The number of nitrogens with zero attached hydrogens (tertiary/aromatic N) is 2. The number of hydrogen-bond acceptors (Lipinski definition) is 3. The highest BCUT2D eigenvalue weighted by atomic mass is 16.2. The molecule has 1 spiro atoms. The zero-order chi connectivity index (χ0) is 14.7. The van der Waals surface area contributed by atoms with E-state index in [2.05, 4.69) is 10.2 Å². The Morgan fingerprint density at radius 3 is 2.48 bits per heavy atom. The van der Waals surface area contributed by atoms with E-state index >= 15 is 0 Å². The summed E-state index contributed by atoms with van der Waals surface area (Å²) in [5.74, 6) is -0.0467. The van der Waals surface area contributed by atoms with Gasteiger partial charge in [-0.05, 0) is 37.2 Å². The van der Waals surface area contributed by atoms with Crippen molar-refractivity contribution in [2.45, 2.75) is 51.4 Å². The third kappa shape index (κ3) is 3.17. The molecule has 1 saturated carbocycles. The molecule has 0 radical (unpaired) electrons. The van der Waals surface area contributed by atoms with Crippen LogP contribution in [0.3, 0.4) is 0 Å². The van der Waals surface area contributed by atoms with Crippen molar-refractivity contribution in [3.05, 3.63) is 28.2 Å². The predicted octanol–water partition coefficient (Wildman–Crippen LogP) is 2.35. The molecule has 0 unspecified atom stereocenters. The first-order valence-corrected chi connectivity index (χ1v) is 8.04. The van der Waals surface area contributed by atoms with E-state index in [-0.39, 0.29) is 11.5 Å². The lowest BCUT2D eigenvalue weighted by Crippen LogP contribution is -2.46. The smallest absolute Gasteiger partial charge is 0.274 e. The van der Waals surface area contributed by atoms with Crippen LogP contribution in [0.25, 0.3) is 0 Å². The van der Waals surface area contributed by atoms with Crippen LogP contribution in [-0.4, -0.2) is 34.1 Å². The Labute approximate surface area is 124 Å². The Balaban J connectivity index is 1.74. The summed E-state index contributed by atoms with van der Waals surface area (Å²) in [6.45, 7) is 1.66. The normalized spacial score (nSPS) is 22.0. The molecule has 3 rings (SSSR count). The van der Waals surface area contributed by atoms with Gasteiger partial charge in [-0.2, -0.15) is 5.10 Å². The fourth-order valence-electron chi connectivity index (χ4n) is 3.89. The molecule has 1 aromatic rings. The Hall–Kier alpha value is -1.65. The minimum absolute atomic E-state index is 0.0467. The average molecular weight is 289 g/mol. The van der Waals surface area contributed by atoms with Crippen molar-refractivity contribution in [1.82, 2.24) is 15.1 Å². The zero-order valence-corrected chi connectivity index (χ0v) is 12.4. The monoisotopic (exact) mass is 289 g/mol. The molecule has 0 bridgehead atoms. The lowest BCUT2D eigenvalue weighted by molar-refractivity contribution is 0.0459. The van der Waals surface area contributed by atoms with Crippen LogP contribution in [0.2, 0.25) is 0 Å².